The summed E-state index contributed by atoms with van der Waals surface area (Å²) in [6, 6.07) is 8.46. The normalized spacial score (nSPS) is 17.2. The third kappa shape index (κ3) is 4.63. The zero-order valence-electron chi connectivity index (χ0n) is 18.9. The molecule has 0 bridgehead atoms. The lowest BCUT2D eigenvalue weighted by Gasteiger charge is -2.20. The lowest BCUT2D eigenvalue weighted by molar-refractivity contribution is -0.274. The van der Waals surface area contributed by atoms with Gasteiger partial charge in [0.2, 0.25) is 0 Å². The summed E-state index contributed by atoms with van der Waals surface area (Å²) in [5, 5.41) is 10.5. The molecule has 188 valence electrons. The average Bonchev–Trinajstić information content (AvgIpc) is 3.56. The molecule has 0 unspecified atom stereocenters. The number of carbonyl (C=O) groups is 2. The molecule has 0 aliphatic carbocycles. The highest BCUT2D eigenvalue weighted by molar-refractivity contribution is 6.02. The Kier molecular flexibility index (Phi) is 5.90. The molecule has 2 aliphatic rings. The van der Waals surface area contributed by atoms with Gasteiger partial charge >= 0.3 is 12.5 Å². The van der Waals surface area contributed by atoms with Crippen LogP contribution in [0, 0.1) is 5.92 Å². The summed E-state index contributed by atoms with van der Waals surface area (Å²) in [6.45, 7) is 0.996. The molecule has 2 aromatic carbocycles. The van der Waals surface area contributed by atoms with Gasteiger partial charge in [-0.2, -0.15) is 0 Å². The van der Waals surface area contributed by atoms with Crippen molar-refractivity contribution in [2.45, 2.75) is 13.0 Å². The second-order valence-electron chi connectivity index (χ2n) is 8.34. The van der Waals surface area contributed by atoms with Gasteiger partial charge in [0.1, 0.15) is 12.4 Å². The molecule has 1 atom stereocenters. The largest absolute Gasteiger partial charge is 0.573 e. The first-order valence-electron chi connectivity index (χ1n) is 10.9. The van der Waals surface area contributed by atoms with Crippen LogP contribution < -0.4 is 9.47 Å². The molecule has 1 fully saturated rings. The maximum absolute atomic E-state index is 13.2. The average molecular weight is 503 g/mol. The van der Waals surface area contributed by atoms with E-state index in [-0.39, 0.29) is 24.2 Å². The number of hydrogen-bond donors (Lipinski definition) is 1. The van der Waals surface area contributed by atoms with Crippen molar-refractivity contribution in [3.05, 3.63) is 59.3 Å². The number of methoxy groups -OCH3 is 1. The van der Waals surface area contributed by atoms with Crippen LogP contribution in [0.5, 0.6) is 11.5 Å². The van der Waals surface area contributed by atoms with E-state index < -0.39 is 12.5 Å². The standard InChI is InChI=1S/C23H20F3N5O5/c1-34-20-17(6-7-18-19(20)28-29-27-18)21(32)30-8-14-10-31(11-15(14)9-30)22(33)35-12-13-2-4-16(5-3-13)36-23(24,25)26/h2-8,15H,9-12H2,1H3,(H,27,28,29)/t15-/m0/s1. The number of fused-ring (bicyclic) bond motifs is 2. The van der Waals surface area contributed by atoms with Crippen molar-refractivity contribution in [3.63, 3.8) is 0 Å². The summed E-state index contributed by atoms with van der Waals surface area (Å²) in [6.07, 6.45) is -3.57. The Labute approximate surface area is 202 Å². The number of ether oxygens (including phenoxy) is 3. The van der Waals surface area contributed by atoms with Crippen molar-refractivity contribution in [1.29, 1.82) is 0 Å². The van der Waals surface area contributed by atoms with Crippen molar-refractivity contribution in [2.75, 3.05) is 26.7 Å². The van der Waals surface area contributed by atoms with Crippen LogP contribution in [0.1, 0.15) is 15.9 Å². The third-order valence-electron chi connectivity index (χ3n) is 6.00. The van der Waals surface area contributed by atoms with Crippen molar-refractivity contribution < 1.29 is 37.0 Å². The van der Waals surface area contributed by atoms with Gasteiger partial charge in [-0.1, -0.05) is 17.3 Å². The predicted molar refractivity (Wildman–Crippen MR) is 118 cm³/mol. The van der Waals surface area contributed by atoms with E-state index in [2.05, 4.69) is 20.1 Å². The molecule has 36 heavy (non-hydrogen) atoms. The number of benzene rings is 2. The number of amides is 2. The molecular formula is C23H20F3N5O5. The Hall–Kier alpha value is -4.29. The quantitative estimate of drug-likeness (QED) is 0.568. The molecule has 0 saturated carbocycles. The minimum Gasteiger partial charge on any atom is -0.493 e. The number of rotatable bonds is 5. The highest BCUT2D eigenvalue weighted by atomic mass is 19.4. The van der Waals surface area contributed by atoms with Crippen molar-refractivity contribution in [3.8, 4) is 11.5 Å². The Morgan fingerprint density at radius 2 is 1.92 bits per heavy atom. The number of likely N-dealkylation sites (tertiary alicyclic amines) is 1. The number of nitrogens with zero attached hydrogens (tertiary/aromatic N) is 4. The van der Waals surface area contributed by atoms with E-state index in [1.54, 1.807) is 23.2 Å². The molecule has 1 saturated heterocycles. The minimum absolute atomic E-state index is 0.0259. The molecule has 5 rings (SSSR count). The molecular weight excluding hydrogens is 483 g/mol. The van der Waals surface area contributed by atoms with E-state index in [4.69, 9.17) is 9.47 Å². The van der Waals surface area contributed by atoms with Gasteiger partial charge in [-0.3, -0.25) is 9.89 Å². The van der Waals surface area contributed by atoms with Gasteiger partial charge in [-0.25, -0.2) is 4.79 Å². The fraction of sp³-hybridized carbons (Fsp3) is 0.304. The van der Waals surface area contributed by atoms with E-state index >= 15 is 0 Å². The lowest BCUT2D eigenvalue weighted by Crippen LogP contribution is -2.33. The van der Waals surface area contributed by atoms with E-state index in [1.165, 1.54) is 24.1 Å². The molecule has 2 amide bonds. The predicted octanol–water partition coefficient (Wildman–Crippen LogP) is 3.47. The Bertz CT molecular complexity index is 1340. The number of aromatic amines is 1. The van der Waals surface area contributed by atoms with Crippen LogP contribution in [0.4, 0.5) is 18.0 Å². The Morgan fingerprint density at radius 3 is 2.61 bits per heavy atom. The summed E-state index contributed by atoms with van der Waals surface area (Å²) in [5.41, 5.74) is 2.92. The summed E-state index contributed by atoms with van der Waals surface area (Å²) < 4.78 is 51.3. The Morgan fingerprint density at radius 1 is 1.14 bits per heavy atom. The second-order valence-corrected chi connectivity index (χ2v) is 8.34. The molecule has 1 N–H and O–H groups in total. The van der Waals surface area contributed by atoms with Gasteiger partial charge in [0.05, 0.1) is 18.2 Å². The van der Waals surface area contributed by atoms with Gasteiger partial charge in [0, 0.05) is 31.8 Å². The third-order valence-corrected chi connectivity index (χ3v) is 6.00. The van der Waals surface area contributed by atoms with Crippen LogP contribution >= 0.6 is 0 Å². The van der Waals surface area contributed by atoms with E-state index in [0.29, 0.717) is 47.5 Å². The van der Waals surface area contributed by atoms with Gasteiger partial charge in [-0.15, -0.1) is 18.3 Å². The number of carbonyl (C=O) groups excluding carboxylic acids is 2. The fourth-order valence-electron chi connectivity index (χ4n) is 4.33. The molecule has 0 radical (unpaired) electrons. The molecule has 2 aliphatic heterocycles. The number of H-pyrrole nitrogens is 1. The number of halogens is 3. The number of hydrogen-bond acceptors (Lipinski definition) is 7. The summed E-state index contributed by atoms with van der Waals surface area (Å²) in [5.74, 6) is -0.285. The van der Waals surface area contributed by atoms with Crippen LogP contribution in [-0.4, -0.2) is 70.3 Å². The SMILES string of the molecule is COc1c(C(=O)N2C=C3CN(C(=O)OCc4ccc(OC(F)(F)F)cc4)C[C@@H]3C2)ccc2[nH]nnc12. The molecule has 3 heterocycles. The first-order chi connectivity index (χ1) is 17.2. The van der Waals surface area contributed by atoms with Gasteiger partial charge in [-0.05, 0) is 35.4 Å². The summed E-state index contributed by atoms with van der Waals surface area (Å²) >= 11 is 0. The molecule has 10 nitrogen and oxygen atoms in total. The van der Waals surface area contributed by atoms with Crippen LogP contribution in [0.3, 0.4) is 0 Å². The van der Waals surface area contributed by atoms with Crippen molar-refractivity contribution >= 4 is 23.0 Å². The zero-order valence-corrected chi connectivity index (χ0v) is 18.9. The Balaban J connectivity index is 1.18. The van der Waals surface area contributed by atoms with Gasteiger partial charge in [0.25, 0.3) is 5.91 Å². The van der Waals surface area contributed by atoms with Crippen LogP contribution in [0.25, 0.3) is 11.0 Å². The molecule has 1 aromatic heterocycles. The highest BCUT2D eigenvalue weighted by Crippen LogP contribution is 2.34. The number of alkyl halides is 3. The minimum atomic E-state index is -4.77. The summed E-state index contributed by atoms with van der Waals surface area (Å²) in [7, 11) is 1.46. The van der Waals surface area contributed by atoms with E-state index in [9.17, 15) is 22.8 Å². The van der Waals surface area contributed by atoms with E-state index in [0.717, 1.165) is 17.7 Å². The maximum Gasteiger partial charge on any atom is 0.573 e. The first kappa shape index (κ1) is 23.5. The maximum atomic E-state index is 13.2. The summed E-state index contributed by atoms with van der Waals surface area (Å²) in [4.78, 5) is 28.8. The van der Waals surface area contributed by atoms with Crippen LogP contribution in [-0.2, 0) is 11.3 Å². The first-order valence-corrected chi connectivity index (χ1v) is 10.9. The van der Waals surface area contributed by atoms with Gasteiger partial charge in [0.15, 0.2) is 11.3 Å². The van der Waals surface area contributed by atoms with Gasteiger partial charge < -0.3 is 24.0 Å². The van der Waals surface area contributed by atoms with E-state index in [1.807, 2.05) is 0 Å². The van der Waals surface area contributed by atoms with Crippen LogP contribution in [0.15, 0.2) is 48.2 Å². The van der Waals surface area contributed by atoms with Crippen molar-refractivity contribution in [1.82, 2.24) is 25.2 Å². The smallest absolute Gasteiger partial charge is 0.493 e. The lowest BCUT2D eigenvalue weighted by atomic mass is 10.1. The molecule has 13 heteroatoms. The molecule has 0 spiro atoms. The van der Waals surface area contributed by atoms with Crippen molar-refractivity contribution in [2.24, 2.45) is 5.92 Å². The monoisotopic (exact) mass is 503 g/mol. The van der Waals surface area contributed by atoms with Crippen LogP contribution in [0.2, 0.25) is 0 Å². The molecule has 3 aromatic rings. The number of nitrogens with one attached hydrogen (secondary N) is 1. The topological polar surface area (TPSA) is 110 Å². The zero-order chi connectivity index (χ0) is 25.4. The number of aromatic nitrogens is 3. The fourth-order valence-corrected chi connectivity index (χ4v) is 4.33. The second kappa shape index (κ2) is 9.06. The highest BCUT2D eigenvalue weighted by Gasteiger charge is 2.38.